The molecular formula is C13H15BrFNO4S. The van der Waals surface area contributed by atoms with Gasteiger partial charge in [-0.05, 0) is 31.5 Å². The van der Waals surface area contributed by atoms with Crippen LogP contribution in [0.2, 0.25) is 0 Å². The lowest BCUT2D eigenvalue weighted by Gasteiger charge is -2.17. The first-order valence-electron chi connectivity index (χ1n) is 6.39. The van der Waals surface area contributed by atoms with Gasteiger partial charge in [0, 0.05) is 10.5 Å². The van der Waals surface area contributed by atoms with E-state index in [1.807, 2.05) is 0 Å². The molecule has 0 spiro atoms. The number of hydrogen-bond donors (Lipinski definition) is 1. The zero-order valence-corrected chi connectivity index (χ0v) is 13.7. The molecule has 1 aromatic carbocycles. The maximum Gasteiger partial charge on any atom is 0.261 e. The zero-order chi connectivity index (χ0) is 15.6. The second kappa shape index (κ2) is 6.31. The van der Waals surface area contributed by atoms with Crippen LogP contribution in [0, 0.1) is 5.82 Å². The van der Waals surface area contributed by atoms with E-state index >= 15 is 0 Å². The van der Waals surface area contributed by atoms with Gasteiger partial charge in [0.15, 0.2) is 27.5 Å². The maximum atomic E-state index is 13.6. The molecule has 2 unspecified atom stereocenters. The fraction of sp³-hybridized carbons (Fsp3) is 0.462. The van der Waals surface area contributed by atoms with Crippen LogP contribution in [0.5, 0.6) is 5.75 Å². The van der Waals surface area contributed by atoms with Gasteiger partial charge in [-0.1, -0.05) is 15.9 Å². The Balaban J connectivity index is 1.94. The van der Waals surface area contributed by atoms with E-state index < -0.39 is 33.7 Å². The molecule has 0 aliphatic carbocycles. The fourth-order valence-electron chi connectivity index (χ4n) is 2.04. The highest BCUT2D eigenvalue weighted by Crippen LogP contribution is 2.22. The Morgan fingerprint density at radius 1 is 1.52 bits per heavy atom. The van der Waals surface area contributed by atoms with Crippen molar-refractivity contribution in [3.63, 3.8) is 0 Å². The summed E-state index contributed by atoms with van der Waals surface area (Å²) in [4.78, 5) is 11.9. The number of hydrogen-bond acceptors (Lipinski definition) is 4. The molecule has 2 atom stereocenters. The van der Waals surface area contributed by atoms with Crippen molar-refractivity contribution in [2.75, 3.05) is 11.5 Å². The number of rotatable bonds is 4. The summed E-state index contributed by atoms with van der Waals surface area (Å²) in [5.74, 6) is -1.04. The van der Waals surface area contributed by atoms with Crippen LogP contribution in [0.3, 0.4) is 0 Å². The van der Waals surface area contributed by atoms with Gasteiger partial charge in [-0.2, -0.15) is 0 Å². The van der Waals surface area contributed by atoms with Gasteiger partial charge in [0.25, 0.3) is 5.91 Å². The predicted octanol–water partition coefficient (Wildman–Crippen LogP) is 1.66. The molecule has 1 N–H and O–H groups in total. The van der Waals surface area contributed by atoms with E-state index in [9.17, 15) is 17.6 Å². The van der Waals surface area contributed by atoms with Crippen molar-refractivity contribution in [3.8, 4) is 5.75 Å². The average Bonchev–Trinajstić information content (AvgIpc) is 2.72. The summed E-state index contributed by atoms with van der Waals surface area (Å²) in [5, 5.41) is 2.61. The third-order valence-electron chi connectivity index (χ3n) is 3.15. The third-order valence-corrected chi connectivity index (χ3v) is 5.41. The van der Waals surface area contributed by atoms with Gasteiger partial charge in [0.2, 0.25) is 0 Å². The molecule has 1 heterocycles. The van der Waals surface area contributed by atoms with E-state index in [1.165, 1.54) is 19.1 Å². The number of nitrogens with one attached hydrogen (secondary N) is 1. The van der Waals surface area contributed by atoms with Gasteiger partial charge in [-0.3, -0.25) is 4.79 Å². The summed E-state index contributed by atoms with van der Waals surface area (Å²) in [6.07, 6.45) is -0.517. The van der Waals surface area contributed by atoms with Crippen LogP contribution in [0.4, 0.5) is 4.39 Å². The zero-order valence-electron chi connectivity index (χ0n) is 11.3. The Morgan fingerprint density at radius 2 is 2.24 bits per heavy atom. The second-order valence-corrected chi connectivity index (χ2v) is 8.09. The predicted molar refractivity (Wildman–Crippen MR) is 79.4 cm³/mol. The normalized spacial score (nSPS) is 21.8. The molecule has 0 radical (unpaired) electrons. The van der Waals surface area contributed by atoms with Crippen LogP contribution in [-0.4, -0.2) is 38.0 Å². The number of benzene rings is 1. The lowest BCUT2D eigenvalue weighted by molar-refractivity contribution is -0.127. The lowest BCUT2D eigenvalue weighted by atomic mass is 10.2. The topological polar surface area (TPSA) is 72.5 Å². The van der Waals surface area contributed by atoms with Crippen molar-refractivity contribution < 1.29 is 22.3 Å². The molecule has 1 amide bonds. The molecule has 8 heteroatoms. The van der Waals surface area contributed by atoms with Crippen LogP contribution < -0.4 is 10.1 Å². The van der Waals surface area contributed by atoms with Crippen molar-refractivity contribution in [2.24, 2.45) is 0 Å². The summed E-state index contributed by atoms with van der Waals surface area (Å²) in [6.45, 7) is 1.49. The number of ether oxygens (including phenoxy) is 1. The molecule has 1 aromatic rings. The minimum absolute atomic E-state index is 0.0279. The summed E-state index contributed by atoms with van der Waals surface area (Å²) < 4.78 is 42.1. The van der Waals surface area contributed by atoms with Gasteiger partial charge < -0.3 is 10.1 Å². The molecule has 116 valence electrons. The molecule has 2 rings (SSSR count). The smallest absolute Gasteiger partial charge is 0.261 e. The van der Waals surface area contributed by atoms with Gasteiger partial charge in [-0.25, -0.2) is 12.8 Å². The Hall–Kier alpha value is -1.15. The maximum absolute atomic E-state index is 13.6. The van der Waals surface area contributed by atoms with Crippen molar-refractivity contribution in [3.05, 3.63) is 28.5 Å². The summed E-state index contributed by atoms with van der Waals surface area (Å²) in [7, 11) is -3.06. The summed E-state index contributed by atoms with van der Waals surface area (Å²) >= 11 is 3.13. The van der Waals surface area contributed by atoms with Crippen molar-refractivity contribution in [1.82, 2.24) is 5.32 Å². The van der Waals surface area contributed by atoms with E-state index in [0.29, 0.717) is 10.9 Å². The molecule has 0 saturated carbocycles. The SMILES string of the molecule is CC(Oc1ccc(Br)cc1F)C(=O)NC1CCS(=O)(=O)C1. The molecule has 1 aliphatic rings. The van der Waals surface area contributed by atoms with Crippen molar-refractivity contribution >= 4 is 31.7 Å². The number of amides is 1. The largest absolute Gasteiger partial charge is 0.478 e. The van der Waals surface area contributed by atoms with E-state index in [-0.39, 0.29) is 17.3 Å². The van der Waals surface area contributed by atoms with E-state index in [0.717, 1.165) is 0 Å². The van der Waals surface area contributed by atoms with Crippen LogP contribution in [0.15, 0.2) is 22.7 Å². The van der Waals surface area contributed by atoms with Gasteiger partial charge in [0.05, 0.1) is 11.5 Å². The molecule has 5 nitrogen and oxygen atoms in total. The van der Waals surface area contributed by atoms with E-state index in [2.05, 4.69) is 21.2 Å². The van der Waals surface area contributed by atoms with Crippen LogP contribution >= 0.6 is 15.9 Å². The van der Waals surface area contributed by atoms with Crippen molar-refractivity contribution in [1.29, 1.82) is 0 Å². The summed E-state index contributed by atoms with van der Waals surface area (Å²) in [5.41, 5.74) is 0. The Labute approximate surface area is 130 Å². The van der Waals surface area contributed by atoms with Crippen LogP contribution in [-0.2, 0) is 14.6 Å². The van der Waals surface area contributed by atoms with Gasteiger partial charge in [0.1, 0.15) is 0 Å². The highest BCUT2D eigenvalue weighted by atomic mass is 79.9. The van der Waals surface area contributed by atoms with E-state index in [1.54, 1.807) is 6.07 Å². The van der Waals surface area contributed by atoms with Gasteiger partial charge >= 0.3 is 0 Å². The minimum Gasteiger partial charge on any atom is -0.478 e. The molecule has 0 bridgehead atoms. The quantitative estimate of drug-likeness (QED) is 0.863. The minimum atomic E-state index is -3.06. The van der Waals surface area contributed by atoms with Crippen LogP contribution in [0.1, 0.15) is 13.3 Å². The highest BCUT2D eigenvalue weighted by molar-refractivity contribution is 9.10. The first kappa shape index (κ1) is 16.2. The van der Waals surface area contributed by atoms with Gasteiger partial charge in [-0.15, -0.1) is 0 Å². The van der Waals surface area contributed by atoms with E-state index in [4.69, 9.17) is 4.74 Å². The molecule has 1 aliphatic heterocycles. The fourth-order valence-corrected chi connectivity index (χ4v) is 4.05. The third kappa shape index (κ3) is 4.41. The van der Waals surface area contributed by atoms with Crippen molar-refractivity contribution in [2.45, 2.75) is 25.5 Å². The molecule has 1 fully saturated rings. The number of halogens is 2. The molecule has 1 saturated heterocycles. The number of carbonyl (C=O) groups excluding carboxylic acids is 1. The molecule has 0 aromatic heterocycles. The Kier molecular flexibility index (Phi) is 4.88. The molecule has 21 heavy (non-hydrogen) atoms. The average molecular weight is 380 g/mol. The number of sulfone groups is 1. The Morgan fingerprint density at radius 3 is 2.81 bits per heavy atom. The standard InChI is InChI=1S/C13H15BrFNO4S/c1-8(20-12-3-2-9(14)6-11(12)15)13(17)16-10-4-5-21(18,19)7-10/h2-3,6,8,10H,4-5,7H2,1H3,(H,16,17). The van der Waals surface area contributed by atoms with Crippen LogP contribution in [0.25, 0.3) is 0 Å². The Bertz CT molecular complexity index is 650. The first-order chi connectivity index (χ1) is 9.77. The highest BCUT2D eigenvalue weighted by Gasteiger charge is 2.30. The molecular weight excluding hydrogens is 365 g/mol. The lowest BCUT2D eigenvalue weighted by Crippen LogP contribution is -2.43. The number of carbonyl (C=O) groups is 1. The summed E-state index contributed by atoms with van der Waals surface area (Å²) in [6, 6.07) is 3.86. The second-order valence-electron chi connectivity index (χ2n) is 4.94. The monoisotopic (exact) mass is 379 g/mol. The first-order valence-corrected chi connectivity index (χ1v) is 9.01.